The number of hydrogen-bond donors (Lipinski definition) is 1. The average molecular weight is 305 g/mol. The maximum atomic E-state index is 10.5. The molecule has 0 aliphatic carbocycles. The minimum Gasteiger partial charge on any atom is -0.497 e. The number of oxime groups is 1. The summed E-state index contributed by atoms with van der Waals surface area (Å²) in [4.78, 5) is 16.6. The first-order valence-corrected chi connectivity index (χ1v) is 7.18. The second kappa shape index (κ2) is 7.44. The van der Waals surface area contributed by atoms with Crippen LogP contribution >= 0.6 is 11.3 Å². The van der Waals surface area contributed by atoms with E-state index in [1.54, 1.807) is 18.4 Å². The van der Waals surface area contributed by atoms with Crippen molar-refractivity contribution in [1.82, 2.24) is 0 Å². The zero-order chi connectivity index (χ0) is 15.1. The molecule has 1 heterocycles. The average Bonchev–Trinajstić information content (AvgIpc) is 3.01. The zero-order valence-corrected chi connectivity index (χ0v) is 12.3. The molecule has 0 spiro atoms. The maximum Gasteiger partial charge on any atom is 0.306 e. The highest BCUT2D eigenvalue weighted by atomic mass is 32.1. The number of rotatable bonds is 7. The first-order chi connectivity index (χ1) is 10.2. The first kappa shape index (κ1) is 15.1. The Labute approximate surface area is 126 Å². The molecule has 0 fully saturated rings. The van der Waals surface area contributed by atoms with Gasteiger partial charge in [-0.2, -0.15) is 0 Å². The molecule has 21 heavy (non-hydrogen) atoms. The minimum atomic E-state index is -0.910. The Bertz CT molecular complexity index is 605. The van der Waals surface area contributed by atoms with Crippen LogP contribution in [-0.2, 0) is 9.63 Å². The Morgan fingerprint density at radius 1 is 1.29 bits per heavy atom. The molecule has 0 aliphatic heterocycles. The van der Waals surface area contributed by atoms with Crippen molar-refractivity contribution in [2.24, 2.45) is 5.16 Å². The summed E-state index contributed by atoms with van der Waals surface area (Å²) in [6.45, 7) is 0.0420. The Morgan fingerprint density at radius 2 is 2.05 bits per heavy atom. The van der Waals surface area contributed by atoms with Crippen LogP contribution in [0.25, 0.3) is 0 Å². The van der Waals surface area contributed by atoms with E-state index in [-0.39, 0.29) is 13.0 Å². The highest BCUT2D eigenvalue weighted by molar-refractivity contribution is 7.12. The Balaban J connectivity index is 2.19. The molecule has 0 atom stereocenters. The second-order valence-electron chi connectivity index (χ2n) is 4.12. The number of carboxylic acids is 1. The van der Waals surface area contributed by atoms with Gasteiger partial charge in [0.05, 0.1) is 18.4 Å². The Morgan fingerprint density at radius 3 is 2.62 bits per heavy atom. The van der Waals surface area contributed by atoms with E-state index in [1.165, 1.54) is 0 Å². The van der Waals surface area contributed by atoms with Gasteiger partial charge in [-0.15, -0.1) is 11.3 Å². The van der Waals surface area contributed by atoms with Gasteiger partial charge in [0.15, 0.2) is 0 Å². The van der Waals surface area contributed by atoms with Gasteiger partial charge in [-0.1, -0.05) is 11.2 Å². The molecule has 0 aliphatic rings. The summed E-state index contributed by atoms with van der Waals surface area (Å²) in [5.74, 6) is -0.150. The summed E-state index contributed by atoms with van der Waals surface area (Å²) in [6, 6.07) is 11.3. The molecule has 1 aromatic heterocycles. The molecular formula is C15H15NO4S. The number of aliphatic carboxylic acids is 1. The topological polar surface area (TPSA) is 68.1 Å². The minimum absolute atomic E-state index is 0.0420. The summed E-state index contributed by atoms with van der Waals surface area (Å²) in [7, 11) is 1.61. The van der Waals surface area contributed by atoms with Gasteiger partial charge in [-0.05, 0) is 35.7 Å². The molecule has 110 valence electrons. The van der Waals surface area contributed by atoms with Crippen molar-refractivity contribution in [1.29, 1.82) is 0 Å². The molecule has 1 N–H and O–H groups in total. The Kier molecular flexibility index (Phi) is 5.34. The monoisotopic (exact) mass is 305 g/mol. The predicted octanol–water partition coefficient (Wildman–Crippen LogP) is 3.00. The summed E-state index contributed by atoms with van der Waals surface area (Å²) in [5.41, 5.74) is 1.56. The van der Waals surface area contributed by atoms with Crippen LogP contribution in [-0.4, -0.2) is 30.5 Å². The second-order valence-corrected chi connectivity index (χ2v) is 5.07. The predicted molar refractivity (Wildman–Crippen MR) is 81.2 cm³/mol. The fourth-order valence-corrected chi connectivity index (χ4v) is 2.37. The zero-order valence-electron chi connectivity index (χ0n) is 11.5. The summed E-state index contributed by atoms with van der Waals surface area (Å²) < 4.78 is 5.13. The smallest absolute Gasteiger partial charge is 0.306 e. The lowest BCUT2D eigenvalue weighted by Gasteiger charge is -2.06. The van der Waals surface area contributed by atoms with Gasteiger partial charge in [-0.25, -0.2) is 0 Å². The van der Waals surface area contributed by atoms with Crippen molar-refractivity contribution >= 4 is 23.0 Å². The highest BCUT2D eigenvalue weighted by Crippen LogP contribution is 2.19. The van der Waals surface area contributed by atoms with Gasteiger partial charge in [0, 0.05) is 5.56 Å². The van der Waals surface area contributed by atoms with Crippen LogP contribution < -0.4 is 4.74 Å². The van der Waals surface area contributed by atoms with Crippen LogP contribution in [0.3, 0.4) is 0 Å². The van der Waals surface area contributed by atoms with Gasteiger partial charge < -0.3 is 14.7 Å². The van der Waals surface area contributed by atoms with E-state index in [4.69, 9.17) is 14.7 Å². The van der Waals surface area contributed by atoms with E-state index in [9.17, 15) is 4.79 Å². The molecule has 0 amide bonds. The lowest BCUT2D eigenvalue weighted by atomic mass is 10.1. The van der Waals surface area contributed by atoms with Crippen LogP contribution in [0.5, 0.6) is 5.75 Å². The van der Waals surface area contributed by atoms with Crippen LogP contribution in [0.2, 0.25) is 0 Å². The number of carbonyl (C=O) groups is 1. The molecule has 6 heteroatoms. The lowest BCUT2D eigenvalue weighted by Crippen LogP contribution is -2.05. The van der Waals surface area contributed by atoms with Crippen LogP contribution in [0.15, 0.2) is 46.9 Å². The number of ether oxygens (including phenoxy) is 1. The fourth-order valence-electron chi connectivity index (χ4n) is 1.65. The summed E-state index contributed by atoms with van der Waals surface area (Å²) in [6.07, 6.45) is -0.0795. The molecule has 0 saturated carbocycles. The third kappa shape index (κ3) is 4.32. The maximum absolute atomic E-state index is 10.5. The fraction of sp³-hybridized carbons (Fsp3) is 0.200. The number of nitrogens with zero attached hydrogens (tertiary/aromatic N) is 1. The van der Waals surface area contributed by atoms with Crippen molar-refractivity contribution in [2.45, 2.75) is 6.42 Å². The standard InChI is InChI=1S/C15H15NO4S/c1-19-12-6-4-11(5-7-12)15(13-3-2-10-21-13)16-20-9-8-14(17)18/h2-7,10H,8-9H2,1H3,(H,17,18)/b16-15+. The largest absolute Gasteiger partial charge is 0.497 e. The van der Waals surface area contributed by atoms with Crippen molar-refractivity contribution in [3.05, 3.63) is 52.2 Å². The molecule has 0 unspecified atom stereocenters. The van der Waals surface area contributed by atoms with Crippen molar-refractivity contribution < 1.29 is 19.5 Å². The van der Waals surface area contributed by atoms with E-state index in [1.807, 2.05) is 41.8 Å². The van der Waals surface area contributed by atoms with E-state index in [0.29, 0.717) is 5.71 Å². The lowest BCUT2D eigenvalue weighted by molar-refractivity contribution is -0.138. The third-order valence-electron chi connectivity index (χ3n) is 2.68. The van der Waals surface area contributed by atoms with Gasteiger partial charge >= 0.3 is 5.97 Å². The van der Waals surface area contributed by atoms with Gasteiger partial charge in [0.25, 0.3) is 0 Å². The van der Waals surface area contributed by atoms with E-state index in [2.05, 4.69) is 5.16 Å². The van der Waals surface area contributed by atoms with Crippen molar-refractivity contribution in [3.63, 3.8) is 0 Å². The number of carboxylic acid groups (broad SMARTS) is 1. The van der Waals surface area contributed by atoms with E-state index < -0.39 is 5.97 Å². The third-order valence-corrected chi connectivity index (χ3v) is 3.56. The number of hydrogen-bond acceptors (Lipinski definition) is 5. The van der Waals surface area contributed by atoms with E-state index >= 15 is 0 Å². The molecule has 2 rings (SSSR count). The van der Waals surface area contributed by atoms with Gasteiger partial charge in [0.1, 0.15) is 18.1 Å². The highest BCUT2D eigenvalue weighted by Gasteiger charge is 2.09. The Hall–Kier alpha value is -2.34. The quantitative estimate of drug-likeness (QED) is 0.485. The normalized spacial score (nSPS) is 11.2. The molecule has 0 radical (unpaired) electrons. The molecule has 0 saturated heterocycles. The molecule has 5 nitrogen and oxygen atoms in total. The van der Waals surface area contributed by atoms with Gasteiger partial charge in [-0.3, -0.25) is 4.79 Å². The molecule has 1 aromatic carbocycles. The van der Waals surface area contributed by atoms with Gasteiger partial charge in [0.2, 0.25) is 0 Å². The summed E-state index contributed by atoms with van der Waals surface area (Å²) >= 11 is 1.54. The first-order valence-electron chi connectivity index (χ1n) is 6.31. The van der Waals surface area contributed by atoms with Crippen LogP contribution in [0.4, 0.5) is 0 Å². The molecular weight excluding hydrogens is 290 g/mol. The van der Waals surface area contributed by atoms with Crippen LogP contribution in [0.1, 0.15) is 16.9 Å². The van der Waals surface area contributed by atoms with Crippen LogP contribution in [0, 0.1) is 0 Å². The SMILES string of the molecule is COc1ccc(/C(=N\OCCC(=O)O)c2cccs2)cc1. The molecule has 2 aromatic rings. The number of thiophene rings is 1. The van der Waals surface area contributed by atoms with Crippen molar-refractivity contribution in [3.8, 4) is 5.75 Å². The molecule has 0 bridgehead atoms. The summed E-state index contributed by atoms with van der Waals surface area (Å²) in [5, 5.41) is 14.6. The number of benzene rings is 1. The van der Waals surface area contributed by atoms with E-state index in [0.717, 1.165) is 16.2 Å². The number of methoxy groups -OCH3 is 1. The van der Waals surface area contributed by atoms with Crippen molar-refractivity contribution in [2.75, 3.05) is 13.7 Å².